The van der Waals surface area contributed by atoms with Crippen LogP contribution in [0.4, 0.5) is 0 Å². The number of halogens is 2. The molecule has 0 unspecified atom stereocenters. The van der Waals surface area contributed by atoms with E-state index in [1.165, 1.54) is 14.2 Å². The molecule has 54 heavy (non-hydrogen) atoms. The maximum absolute atomic E-state index is 10.8. The molecule has 6 N–H and O–H groups in total. The number of pyridine rings is 2. The first-order chi connectivity index (χ1) is 25.8. The first kappa shape index (κ1) is 42.0. The molecule has 0 radical (unpaired) electrons. The zero-order valence-electron chi connectivity index (χ0n) is 30.3. The molecule has 16 heteroatoms. The minimum absolute atomic E-state index is 0.0670. The Labute approximate surface area is 323 Å². The summed E-state index contributed by atoms with van der Waals surface area (Å²) in [5.41, 5.74) is 7.06. The van der Waals surface area contributed by atoms with Gasteiger partial charge in [0.05, 0.1) is 39.3 Å². The van der Waals surface area contributed by atoms with Gasteiger partial charge in [0.15, 0.2) is 0 Å². The van der Waals surface area contributed by atoms with E-state index in [-0.39, 0.29) is 85.8 Å². The zero-order chi connectivity index (χ0) is 39.4. The van der Waals surface area contributed by atoms with Gasteiger partial charge in [0.1, 0.15) is 23.3 Å². The summed E-state index contributed by atoms with van der Waals surface area (Å²) in [6.07, 6.45) is -2.83. The van der Waals surface area contributed by atoms with Crippen molar-refractivity contribution >= 4 is 35.1 Å². The highest BCUT2D eigenvalue weighted by Gasteiger charge is 2.18. The van der Waals surface area contributed by atoms with Crippen molar-refractivity contribution in [1.29, 1.82) is 0 Å². The molecule has 0 saturated carbocycles. The molecule has 0 amide bonds. The van der Waals surface area contributed by atoms with E-state index in [9.17, 15) is 19.8 Å². The fraction of sp³-hybridized carbons (Fsp3) is 0.368. The Morgan fingerprint density at radius 2 is 1.06 bits per heavy atom. The minimum Gasteiger partial charge on any atom is -0.481 e. The normalized spacial score (nSPS) is 12.2. The number of nitrogens with one attached hydrogen (secondary N) is 2. The van der Waals surface area contributed by atoms with Crippen LogP contribution < -0.4 is 29.6 Å². The molecule has 0 saturated heterocycles. The first-order valence-electron chi connectivity index (χ1n) is 16.9. The molecule has 0 aliphatic rings. The van der Waals surface area contributed by atoms with E-state index in [0.717, 1.165) is 33.4 Å². The highest BCUT2D eigenvalue weighted by atomic mass is 35.5. The summed E-state index contributed by atoms with van der Waals surface area (Å²) in [6, 6.07) is 15.2. The van der Waals surface area contributed by atoms with Crippen LogP contribution in [0.3, 0.4) is 0 Å². The van der Waals surface area contributed by atoms with Crippen molar-refractivity contribution in [3.05, 3.63) is 92.0 Å². The third kappa shape index (κ3) is 11.6. The summed E-state index contributed by atoms with van der Waals surface area (Å²) in [7, 11) is 2.94. The van der Waals surface area contributed by atoms with Crippen LogP contribution in [-0.2, 0) is 35.9 Å². The molecule has 4 rings (SSSR count). The van der Waals surface area contributed by atoms with Gasteiger partial charge in [-0.05, 0) is 59.4 Å². The van der Waals surface area contributed by atoms with Gasteiger partial charge in [-0.3, -0.25) is 9.59 Å². The second-order valence-corrected chi connectivity index (χ2v) is 13.2. The number of methoxy groups -OCH3 is 2. The van der Waals surface area contributed by atoms with Crippen molar-refractivity contribution in [3.8, 4) is 34.6 Å². The number of aliphatic hydroxyl groups is 2. The van der Waals surface area contributed by atoms with Crippen LogP contribution in [0.1, 0.15) is 46.2 Å². The number of ether oxygens (including phenoxy) is 4. The molecule has 0 aliphatic carbocycles. The number of hydrogen-bond donors (Lipinski definition) is 6. The molecule has 2 atom stereocenters. The van der Waals surface area contributed by atoms with Crippen LogP contribution in [0.25, 0.3) is 11.1 Å². The van der Waals surface area contributed by atoms with Crippen molar-refractivity contribution in [2.45, 2.75) is 65.2 Å². The lowest BCUT2D eigenvalue weighted by molar-refractivity contribution is -0.140. The molecule has 2 aromatic carbocycles. The average molecular weight is 788 g/mol. The lowest BCUT2D eigenvalue weighted by atomic mass is 9.92. The van der Waals surface area contributed by atoms with Gasteiger partial charge in [-0.1, -0.05) is 59.6 Å². The van der Waals surface area contributed by atoms with Crippen molar-refractivity contribution in [2.24, 2.45) is 0 Å². The quantitative estimate of drug-likeness (QED) is 0.0652. The molecule has 290 valence electrons. The summed E-state index contributed by atoms with van der Waals surface area (Å²) >= 11 is 13.1. The predicted molar refractivity (Wildman–Crippen MR) is 202 cm³/mol. The maximum Gasteiger partial charge on any atom is 0.306 e. The largest absolute Gasteiger partial charge is 0.481 e. The monoisotopic (exact) mass is 786 g/mol. The molecule has 0 bridgehead atoms. The van der Waals surface area contributed by atoms with Crippen LogP contribution in [0.5, 0.6) is 23.5 Å². The molecule has 14 nitrogen and oxygen atoms in total. The Morgan fingerprint density at radius 1 is 0.667 bits per heavy atom. The molecule has 0 spiro atoms. The highest BCUT2D eigenvalue weighted by molar-refractivity contribution is 6.32. The smallest absolute Gasteiger partial charge is 0.306 e. The summed E-state index contributed by atoms with van der Waals surface area (Å²) in [6.45, 7) is 5.00. The molecular weight excluding hydrogens is 743 g/mol. The molecule has 0 fully saturated rings. The van der Waals surface area contributed by atoms with E-state index in [1.807, 2.05) is 50.2 Å². The van der Waals surface area contributed by atoms with Crippen LogP contribution >= 0.6 is 23.2 Å². The third-order valence-corrected chi connectivity index (χ3v) is 9.02. The molecule has 0 aliphatic heterocycles. The number of hydrogen-bond acceptors (Lipinski definition) is 12. The Morgan fingerprint density at radius 3 is 1.41 bits per heavy atom. The van der Waals surface area contributed by atoms with Crippen molar-refractivity contribution in [3.63, 3.8) is 0 Å². The topological polar surface area (TPSA) is 202 Å². The number of nitrogens with zero attached hydrogens (tertiary/aromatic N) is 2. The van der Waals surface area contributed by atoms with Crippen molar-refractivity contribution in [2.75, 3.05) is 27.3 Å². The SMILES string of the molecule is COc1nc(OCc2cccc(-c3cccc(COc4nc(OC)c(CNC[C@@H](O)CC(=O)O)cc4Cl)c3C)c2C)c(Cl)cc1CNC[C@@H](O)CC(=O)O. The Kier molecular flexibility index (Phi) is 15.7. The summed E-state index contributed by atoms with van der Waals surface area (Å²) in [5, 5.41) is 43.8. The fourth-order valence-electron chi connectivity index (χ4n) is 5.65. The molecule has 2 aromatic heterocycles. The van der Waals surface area contributed by atoms with Gasteiger partial charge in [-0.15, -0.1) is 0 Å². The summed E-state index contributed by atoms with van der Waals surface area (Å²) < 4.78 is 23.0. The molecule has 2 heterocycles. The van der Waals surface area contributed by atoms with Crippen molar-refractivity contribution < 1.29 is 49.0 Å². The van der Waals surface area contributed by atoms with E-state index < -0.39 is 24.1 Å². The van der Waals surface area contributed by atoms with E-state index >= 15 is 0 Å². The molecular formula is C38H44Cl2N4O10. The lowest BCUT2D eigenvalue weighted by Gasteiger charge is -2.18. The number of carbonyl (C=O) groups is 2. The number of aliphatic hydroxyl groups excluding tert-OH is 2. The number of rotatable bonds is 21. The Bertz CT molecular complexity index is 1790. The fourth-order valence-corrected chi connectivity index (χ4v) is 6.10. The van der Waals surface area contributed by atoms with Gasteiger partial charge in [0.2, 0.25) is 23.5 Å². The standard InChI is InChI=1S/C38H44Cl2N4O10/c1-21-23(19-53-37-31(39)11-25(35(43-37)51-3)15-41-17-27(45)13-33(47)48)7-5-9-29(21)30-10-6-8-24(22(30)2)20-54-38-32(40)12-26(36(44-38)52-4)16-42-18-28(46)14-34(49)50/h5-12,27-28,41-42,45-46H,13-20H2,1-4H3,(H,47,48)(H,49,50)/t27-,28-/m0/s1. The van der Waals surface area contributed by atoms with Gasteiger partial charge in [-0.25, -0.2) is 0 Å². The Balaban J connectivity index is 1.43. The van der Waals surface area contributed by atoms with Crippen LogP contribution in [0.15, 0.2) is 48.5 Å². The summed E-state index contributed by atoms with van der Waals surface area (Å²) in [4.78, 5) is 30.5. The molecule has 4 aromatic rings. The third-order valence-electron chi connectivity index (χ3n) is 8.48. The van der Waals surface area contributed by atoms with Crippen LogP contribution in [-0.4, -0.2) is 81.8 Å². The second-order valence-electron chi connectivity index (χ2n) is 12.4. The first-order valence-corrected chi connectivity index (χ1v) is 17.7. The number of aliphatic carboxylic acids is 2. The van der Waals surface area contributed by atoms with Gasteiger partial charge in [0.25, 0.3) is 0 Å². The summed E-state index contributed by atoms with van der Waals surface area (Å²) in [5.74, 6) is -1.24. The van der Waals surface area contributed by atoms with Gasteiger partial charge in [-0.2, -0.15) is 9.97 Å². The van der Waals surface area contributed by atoms with Gasteiger partial charge >= 0.3 is 11.9 Å². The van der Waals surface area contributed by atoms with Gasteiger partial charge in [0, 0.05) is 37.3 Å². The Hall–Kier alpha value is -4.70. The number of aromatic nitrogens is 2. The average Bonchev–Trinajstić information content (AvgIpc) is 3.11. The second kappa shape index (κ2) is 20.1. The van der Waals surface area contributed by atoms with E-state index in [4.69, 9.17) is 52.4 Å². The number of carboxylic acid groups (broad SMARTS) is 2. The lowest BCUT2D eigenvalue weighted by Crippen LogP contribution is -2.28. The van der Waals surface area contributed by atoms with Gasteiger partial charge < -0.3 is 50.0 Å². The van der Waals surface area contributed by atoms with Crippen LogP contribution in [0, 0.1) is 13.8 Å². The van der Waals surface area contributed by atoms with Crippen LogP contribution in [0.2, 0.25) is 10.0 Å². The van der Waals surface area contributed by atoms with E-state index in [1.54, 1.807) is 12.1 Å². The number of carboxylic acids is 2. The zero-order valence-corrected chi connectivity index (χ0v) is 31.8. The van der Waals surface area contributed by atoms with Crippen molar-refractivity contribution in [1.82, 2.24) is 20.6 Å². The maximum atomic E-state index is 10.8. The highest BCUT2D eigenvalue weighted by Crippen LogP contribution is 2.34. The predicted octanol–water partition coefficient (Wildman–Crippen LogP) is 5.09. The number of benzene rings is 2. The van der Waals surface area contributed by atoms with E-state index in [2.05, 4.69) is 20.6 Å². The van der Waals surface area contributed by atoms with E-state index in [0.29, 0.717) is 11.1 Å². The minimum atomic E-state index is -1.09.